The predicted molar refractivity (Wildman–Crippen MR) is 251 cm³/mol. The average molecular weight is 748 g/mol. The van der Waals surface area contributed by atoms with Crippen LogP contribution in [0.25, 0.3) is 98.9 Å². The Morgan fingerprint density at radius 1 is 0.638 bits per heavy atom. The van der Waals surface area contributed by atoms with E-state index in [2.05, 4.69) is 183 Å². The van der Waals surface area contributed by atoms with Crippen molar-refractivity contribution in [2.24, 2.45) is 0 Å². The van der Waals surface area contributed by atoms with Crippen molar-refractivity contribution in [3.63, 3.8) is 0 Å². The number of allylic oxidation sites excluding steroid dienone is 5. The van der Waals surface area contributed by atoms with Crippen molar-refractivity contribution in [2.45, 2.75) is 34.6 Å². The second-order valence-electron chi connectivity index (χ2n) is 14.6. The molecule has 0 aliphatic carbocycles. The van der Waals surface area contributed by atoms with Gasteiger partial charge in [0, 0.05) is 21.7 Å². The first-order valence-electron chi connectivity index (χ1n) is 20.2. The molecular formula is C55H45N3. The van der Waals surface area contributed by atoms with Gasteiger partial charge in [-0.3, -0.25) is 4.57 Å². The van der Waals surface area contributed by atoms with Gasteiger partial charge in [-0.05, 0) is 105 Å². The minimum absolute atomic E-state index is 0.800. The lowest BCUT2D eigenvalue weighted by Gasteiger charge is -2.19. The zero-order valence-electron chi connectivity index (χ0n) is 33.7. The highest BCUT2D eigenvalue weighted by molar-refractivity contribution is 6.26. The third-order valence-electron chi connectivity index (χ3n) is 11.3. The zero-order valence-corrected chi connectivity index (χ0v) is 33.7. The van der Waals surface area contributed by atoms with E-state index < -0.39 is 0 Å². The van der Waals surface area contributed by atoms with Crippen LogP contribution in [-0.2, 0) is 0 Å². The molecule has 0 unspecified atom stereocenters. The molecule has 0 fully saturated rings. The van der Waals surface area contributed by atoms with E-state index in [0.717, 1.165) is 61.1 Å². The Balaban J connectivity index is 0.00000215. The lowest BCUT2D eigenvalue weighted by atomic mass is 9.87. The van der Waals surface area contributed by atoms with Crippen molar-refractivity contribution in [2.75, 3.05) is 0 Å². The molecule has 0 amide bonds. The van der Waals surface area contributed by atoms with Crippen LogP contribution in [0, 0.1) is 13.8 Å². The number of benzene rings is 8. The third-order valence-corrected chi connectivity index (χ3v) is 11.3. The van der Waals surface area contributed by atoms with Crippen LogP contribution < -0.4 is 0 Å². The Bertz CT molecular complexity index is 3300. The van der Waals surface area contributed by atoms with E-state index in [0.29, 0.717) is 0 Å². The molecule has 3 nitrogen and oxygen atoms in total. The van der Waals surface area contributed by atoms with Gasteiger partial charge in [0.15, 0.2) is 5.82 Å². The van der Waals surface area contributed by atoms with E-state index in [9.17, 15) is 0 Å². The summed E-state index contributed by atoms with van der Waals surface area (Å²) < 4.78 is 2.40. The summed E-state index contributed by atoms with van der Waals surface area (Å²) in [6.45, 7) is 14.7. The number of aromatic nitrogens is 3. The monoisotopic (exact) mass is 747 g/mol. The highest BCUT2D eigenvalue weighted by atomic mass is 15.1. The summed E-state index contributed by atoms with van der Waals surface area (Å²) in [5.41, 5.74) is 12.8. The number of hydrogen-bond acceptors (Lipinski definition) is 2. The van der Waals surface area contributed by atoms with Gasteiger partial charge >= 0.3 is 0 Å². The van der Waals surface area contributed by atoms with Gasteiger partial charge in [0.05, 0.1) is 22.1 Å². The van der Waals surface area contributed by atoms with Crippen LogP contribution in [-0.4, -0.2) is 14.5 Å². The molecule has 3 heteroatoms. The maximum Gasteiger partial charge on any atom is 0.165 e. The molecule has 2 heterocycles. The van der Waals surface area contributed by atoms with Crippen LogP contribution in [0.15, 0.2) is 176 Å². The van der Waals surface area contributed by atoms with E-state index in [1.54, 1.807) is 0 Å². The van der Waals surface area contributed by atoms with Gasteiger partial charge in [0.1, 0.15) is 5.69 Å². The molecule has 0 saturated carbocycles. The molecule has 280 valence electrons. The molecule has 0 spiro atoms. The van der Waals surface area contributed by atoms with Gasteiger partial charge in [-0.1, -0.05) is 166 Å². The van der Waals surface area contributed by atoms with Crippen molar-refractivity contribution in [1.29, 1.82) is 0 Å². The summed E-state index contributed by atoms with van der Waals surface area (Å²) in [6.07, 6.45) is 8.10. The van der Waals surface area contributed by atoms with Crippen molar-refractivity contribution < 1.29 is 0 Å². The number of hydrogen-bond donors (Lipinski definition) is 0. The molecule has 0 saturated heterocycles. The van der Waals surface area contributed by atoms with Crippen LogP contribution in [0.1, 0.15) is 37.5 Å². The molecule has 0 atom stereocenters. The minimum atomic E-state index is 0.800. The van der Waals surface area contributed by atoms with E-state index in [-0.39, 0.29) is 0 Å². The topological polar surface area (TPSA) is 30.7 Å². The Morgan fingerprint density at radius 2 is 1.31 bits per heavy atom. The van der Waals surface area contributed by atoms with Gasteiger partial charge in [-0.15, -0.1) is 0 Å². The van der Waals surface area contributed by atoms with E-state index in [1.807, 2.05) is 32.9 Å². The van der Waals surface area contributed by atoms with Crippen molar-refractivity contribution in [3.05, 3.63) is 193 Å². The smallest absolute Gasteiger partial charge is 0.165 e. The second-order valence-corrected chi connectivity index (χ2v) is 14.6. The van der Waals surface area contributed by atoms with E-state index in [1.165, 1.54) is 54.6 Å². The molecule has 2 aromatic heterocycles. The lowest BCUT2D eigenvalue weighted by Crippen LogP contribution is -2.05. The average Bonchev–Trinajstić information content (AvgIpc) is 3.63. The zero-order chi connectivity index (χ0) is 39.9. The van der Waals surface area contributed by atoms with Crippen LogP contribution in [0.3, 0.4) is 0 Å². The normalized spacial score (nSPS) is 12.0. The summed E-state index contributed by atoms with van der Waals surface area (Å²) >= 11 is 0. The Hall–Kier alpha value is -7.10. The molecule has 10 aromatic rings. The Labute approximate surface area is 340 Å². The molecule has 0 N–H and O–H groups in total. The molecule has 10 rings (SSSR count). The highest BCUT2D eigenvalue weighted by Gasteiger charge is 2.25. The van der Waals surface area contributed by atoms with Gasteiger partial charge in [0.2, 0.25) is 0 Å². The standard InChI is InChI=1S/C53H39N3.C2H6/c1-5-7-17-35(6-2)38-21-16-22-40(31-38)50-53(55-51-41-23-11-10-18-36(41)28-29-46(51)54-50)56-47-27-15-14-26-44(47)49-43-25-13-12-24-42(43)48(34(4)52(49)56)45-32-39-20-9-8-19-37(39)30-33(45)3;1-2/h5-32H,2H2,1,3-4H3;1-2H3/b7-5-,35-17+;. The maximum atomic E-state index is 5.70. The fourth-order valence-corrected chi connectivity index (χ4v) is 8.76. The fraction of sp³-hybridized carbons (Fsp3) is 0.0909. The van der Waals surface area contributed by atoms with Crippen molar-refractivity contribution in [1.82, 2.24) is 14.5 Å². The summed E-state index contributed by atoms with van der Waals surface area (Å²) in [5, 5.41) is 9.57. The minimum Gasteiger partial charge on any atom is -0.292 e. The molecule has 0 aliphatic rings. The summed E-state index contributed by atoms with van der Waals surface area (Å²) in [7, 11) is 0. The lowest BCUT2D eigenvalue weighted by molar-refractivity contribution is 1.08. The number of rotatable bonds is 6. The largest absolute Gasteiger partial charge is 0.292 e. The molecule has 0 bridgehead atoms. The van der Waals surface area contributed by atoms with E-state index >= 15 is 0 Å². The van der Waals surface area contributed by atoms with E-state index in [4.69, 9.17) is 9.97 Å². The summed E-state index contributed by atoms with van der Waals surface area (Å²) in [4.78, 5) is 11.2. The number of fused-ring (bicyclic) bond motifs is 9. The fourth-order valence-electron chi connectivity index (χ4n) is 8.76. The quantitative estimate of drug-likeness (QED) is 0.125. The highest BCUT2D eigenvalue weighted by Crippen LogP contribution is 2.46. The van der Waals surface area contributed by atoms with Crippen molar-refractivity contribution in [3.8, 4) is 28.2 Å². The third kappa shape index (κ3) is 5.90. The molecule has 58 heavy (non-hydrogen) atoms. The van der Waals surface area contributed by atoms with Crippen LogP contribution in [0.5, 0.6) is 0 Å². The van der Waals surface area contributed by atoms with Gasteiger partial charge < -0.3 is 0 Å². The van der Waals surface area contributed by atoms with Crippen molar-refractivity contribution >= 4 is 70.7 Å². The Kier molecular flexibility index (Phi) is 9.51. The number of para-hydroxylation sites is 1. The number of nitrogens with zero attached hydrogens (tertiary/aromatic N) is 3. The molecular weight excluding hydrogens is 703 g/mol. The first-order valence-corrected chi connectivity index (χ1v) is 20.2. The van der Waals surface area contributed by atoms with Gasteiger partial charge in [-0.25, -0.2) is 9.97 Å². The SMILES string of the molecule is C=C/C(=C\C=C/C)c1cccc(-c2nc3ccc4ccccc4c3nc2-n2c3ccccc3c3c4ccccc4c(-c4cc5ccccc5cc4C)c(C)c32)c1.CC. The van der Waals surface area contributed by atoms with Crippen LogP contribution >= 0.6 is 0 Å². The van der Waals surface area contributed by atoms with Crippen LogP contribution in [0.4, 0.5) is 0 Å². The first kappa shape index (κ1) is 36.5. The van der Waals surface area contributed by atoms with Crippen LogP contribution in [0.2, 0.25) is 0 Å². The molecule has 8 aromatic carbocycles. The Morgan fingerprint density at radius 3 is 2.07 bits per heavy atom. The summed E-state index contributed by atoms with van der Waals surface area (Å²) in [5.74, 6) is 0.800. The second kappa shape index (κ2) is 15.1. The predicted octanol–water partition coefficient (Wildman–Crippen LogP) is 15.3. The van der Waals surface area contributed by atoms with Gasteiger partial charge in [0.25, 0.3) is 0 Å². The summed E-state index contributed by atoms with van der Waals surface area (Å²) in [6, 6.07) is 52.4. The molecule has 0 radical (unpaired) electrons. The molecule has 0 aliphatic heterocycles. The number of aryl methyl sites for hydroxylation is 2. The van der Waals surface area contributed by atoms with Gasteiger partial charge in [-0.2, -0.15) is 0 Å². The maximum absolute atomic E-state index is 5.70. The first-order chi connectivity index (χ1) is 28.5.